The molecule has 0 N–H and O–H groups in total. The molecule has 0 radical (unpaired) electrons. The van der Waals surface area contributed by atoms with Crippen LogP contribution in [-0.2, 0) is 0 Å². The molecule has 5 rings (SSSR count). The summed E-state index contributed by atoms with van der Waals surface area (Å²) < 4.78 is 2.40. The lowest BCUT2D eigenvalue weighted by Gasteiger charge is -2.24. The molecule has 0 unspecified atom stereocenters. The summed E-state index contributed by atoms with van der Waals surface area (Å²) in [6, 6.07) is 32.7. The molecule has 34 heavy (non-hydrogen) atoms. The molecule has 5 aromatic rings. The minimum absolute atomic E-state index is 0.364. The Morgan fingerprint density at radius 2 is 1.21 bits per heavy atom. The molecule has 0 atom stereocenters. The molecule has 0 spiro atoms. The van der Waals surface area contributed by atoms with Crippen molar-refractivity contribution in [1.29, 1.82) is 0 Å². The van der Waals surface area contributed by atoms with Crippen LogP contribution in [0.3, 0.4) is 0 Å². The van der Waals surface area contributed by atoms with Crippen molar-refractivity contribution in [3.63, 3.8) is 0 Å². The third-order valence-corrected chi connectivity index (χ3v) is 6.61. The fourth-order valence-corrected chi connectivity index (χ4v) is 4.76. The van der Waals surface area contributed by atoms with Crippen molar-refractivity contribution in [2.75, 3.05) is 0 Å². The Bertz CT molecular complexity index is 1410. The molecule has 0 bridgehead atoms. The smallest absolute Gasteiger partial charge is 0.145 e. The molecule has 4 aromatic carbocycles. The molecule has 0 fully saturated rings. The Labute approximate surface area is 202 Å². The summed E-state index contributed by atoms with van der Waals surface area (Å²) in [5.74, 6) is 1.73. The number of nitrogens with zero attached hydrogens (tertiary/aromatic N) is 2. The van der Waals surface area contributed by atoms with Gasteiger partial charge in [-0.25, -0.2) is 4.98 Å². The summed E-state index contributed by atoms with van der Waals surface area (Å²) in [7, 11) is 0. The lowest BCUT2D eigenvalue weighted by molar-refractivity contribution is 0.811. The summed E-state index contributed by atoms with van der Waals surface area (Å²) in [6.45, 7) is 11.3. The molecule has 170 valence electrons. The van der Waals surface area contributed by atoms with Crippen molar-refractivity contribution >= 4 is 11.0 Å². The van der Waals surface area contributed by atoms with E-state index < -0.39 is 0 Å². The van der Waals surface area contributed by atoms with Crippen molar-refractivity contribution in [3.8, 4) is 28.2 Å². The maximum absolute atomic E-state index is 5.13. The Balaban J connectivity index is 1.88. The van der Waals surface area contributed by atoms with Crippen LogP contribution >= 0.6 is 0 Å². The molecule has 1 aromatic heterocycles. The van der Waals surface area contributed by atoms with Crippen LogP contribution in [0.15, 0.2) is 91.0 Å². The van der Waals surface area contributed by atoms with Crippen molar-refractivity contribution in [2.45, 2.75) is 46.5 Å². The van der Waals surface area contributed by atoms with Crippen molar-refractivity contribution in [1.82, 2.24) is 9.55 Å². The molecule has 1 heterocycles. The van der Waals surface area contributed by atoms with Crippen LogP contribution in [0.25, 0.3) is 39.2 Å². The highest BCUT2D eigenvalue weighted by atomic mass is 15.1. The summed E-state index contributed by atoms with van der Waals surface area (Å²) in [5, 5.41) is 0. The molecule has 2 nitrogen and oxygen atoms in total. The van der Waals surface area contributed by atoms with Crippen molar-refractivity contribution < 1.29 is 0 Å². The second kappa shape index (κ2) is 8.95. The van der Waals surface area contributed by atoms with E-state index in [1.165, 1.54) is 33.5 Å². The van der Waals surface area contributed by atoms with Gasteiger partial charge in [0.25, 0.3) is 0 Å². The van der Waals surface area contributed by atoms with Crippen LogP contribution in [0, 0.1) is 6.92 Å². The molecule has 0 aliphatic heterocycles. The van der Waals surface area contributed by atoms with E-state index in [0.29, 0.717) is 11.8 Å². The predicted octanol–water partition coefficient (Wildman–Crippen LogP) is 8.91. The lowest BCUT2D eigenvalue weighted by atomic mass is 9.88. The first-order valence-electron chi connectivity index (χ1n) is 12.2. The minimum Gasteiger partial charge on any atom is -0.292 e. The van der Waals surface area contributed by atoms with Crippen LogP contribution in [-0.4, -0.2) is 9.55 Å². The monoisotopic (exact) mass is 444 g/mol. The van der Waals surface area contributed by atoms with Gasteiger partial charge in [-0.2, -0.15) is 0 Å². The Morgan fingerprint density at radius 1 is 0.618 bits per heavy atom. The fourth-order valence-electron chi connectivity index (χ4n) is 4.76. The molecule has 0 saturated heterocycles. The van der Waals surface area contributed by atoms with E-state index in [1.807, 2.05) is 0 Å². The highest BCUT2D eigenvalue weighted by Crippen LogP contribution is 2.40. The molecule has 0 amide bonds. The first-order chi connectivity index (χ1) is 16.4. The average Bonchev–Trinajstić information content (AvgIpc) is 3.23. The molecular formula is C32H32N2. The number of imidazole rings is 1. The van der Waals surface area contributed by atoms with Crippen LogP contribution in [0.4, 0.5) is 0 Å². The van der Waals surface area contributed by atoms with E-state index >= 15 is 0 Å². The maximum atomic E-state index is 5.13. The summed E-state index contributed by atoms with van der Waals surface area (Å²) in [4.78, 5) is 5.13. The fraction of sp³-hybridized carbons (Fsp3) is 0.219. The van der Waals surface area contributed by atoms with Gasteiger partial charge in [-0.15, -0.1) is 0 Å². The van der Waals surface area contributed by atoms with Gasteiger partial charge in [-0.3, -0.25) is 4.57 Å². The number of benzene rings is 4. The van der Waals surface area contributed by atoms with E-state index in [9.17, 15) is 0 Å². The topological polar surface area (TPSA) is 17.8 Å². The standard InChI is InChI=1S/C32H32N2/c1-21(2)27-19-26(24-11-7-6-8-12-24)20-28(22(3)4)31(27)34-30-14-10-9-13-29(30)33-32(34)25-17-15-23(5)16-18-25/h6-22H,1-5H3. The van der Waals surface area contributed by atoms with E-state index in [-0.39, 0.29) is 0 Å². The highest BCUT2D eigenvalue weighted by molar-refractivity contribution is 5.85. The van der Waals surface area contributed by atoms with Crippen LogP contribution < -0.4 is 0 Å². The first-order valence-corrected chi connectivity index (χ1v) is 12.2. The normalized spacial score (nSPS) is 11.6. The predicted molar refractivity (Wildman–Crippen MR) is 145 cm³/mol. The number of fused-ring (bicyclic) bond motifs is 1. The molecule has 2 heteroatoms. The second-order valence-corrected chi connectivity index (χ2v) is 9.80. The van der Waals surface area contributed by atoms with Crippen molar-refractivity contribution in [2.24, 2.45) is 0 Å². The zero-order valence-electron chi connectivity index (χ0n) is 20.7. The molecular weight excluding hydrogens is 412 g/mol. The third-order valence-electron chi connectivity index (χ3n) is 6.61. The van der Waals surface area contributed by atoms with E-state index in [2.05, 4.69) is 130 Å². The second-order valence-electron chi connectivity index (χ2n) is 9.80. The maximum Gasteiger partial charge on any atom is 0.145 e. The number of rotatable bonds is 5. The number of aromatic nitrogens is 2. The van der Waals surface area contributed by atoms with Gasteiger partial charge in [0.15, 0.2) is 0 Å². The van der Waals surface area contributed by atoms with E-state index in [4.69, 9.17) is 4.98 Å². The van der Waals surface area contributed by atoms with Gasteiger partial charge in [0, 0.05) is 5.56 Å². The minimum atomic E-state index is 0.364. The lowest BCUT2D eigenvalue weighted by Crippen LogP contribution is -2.09. The van der Waals surface area contributed by atoms with Crippen LogP contribution in [0.5, 0.6) is 0 Å². The number of aryl methyl sites for hydroxylation is 1. The largest absolute Gasteiger partial charge is 0.292 e. The Hall–Kier alpha value is -3.65. The first kappa shape index (κ1) is 22.2. The number of para-hydroxylation sites is 2. The van der Waals surface area contributed by atoms with E-state index in [0.717, 1.165) is 22.4 Å². The average molecular weight is 445 g/mol. The number of hydrogen-bond donors (Lipinski definition) is 0. The van der Waals surface area contributed by atoms with Gasteiger partial charge >= 0.3 is 0 Å². The highest BCUT2D eigenvalue weighted by Gasteiger charge is 2.23. The van der Waals surface area contributed by atoms with Crippen LogP contribution in [0.2, 0.25) is 0 Å². The summed E-state index contributed by atoms with van der Waals surface area (Å²) >= 11 is 0. The Kier molecular flexibility index (Phi) is 5.83. The van der Waals surface area contributed by atoms with Crippen molar-refractivity contribution in [3.05, 3.63) is 108 Å². The van der Waals surface area contributed by atoms with Gasteiger partial charge < -0.3 is 0 Å². The quantitative estimate of drug-likeness (QED) is 0.264. The van der Waals surface area contributed by atoms with Gasteiger partial charge in [-0.1, -0.05) is 100.0 Å². The summed E-state index contributed by atoms with van der Waals surface area (Å²) in [6.07, 6.45) is 0. The van der Waals surface area contributed by atoms with Gasteiger partial charge in [0.2, 0.25) is 0 Å². The number of hydrogen-bond acceptors (Lipinski definition) is 1. The summed E-state index contributed by atoms with van der Waals surface area (Å²) in [5.41, 5.74) is 11.1. The molecule has 0 saturated carbocycles. The Morgan fingerprint density at radius 3 is 1.82 bits per heavy atom. The molecule has 0 aliphatic carbocycles. The van der Waals surface area contributed by atoms with Gasteiger partial charge in [0.05, 0.1) is 16.7 Å². The van der Waals surface area contributed by atoms with Gasteiger partial charge in [0.1, 0.15) is 5.82 Å². The molecule has 0 aliphatic rings. The van der Waals surface area contributed by atoms with E-state index in [1.54, 1.807) is 0 Å². The SMILES string of the molecule is Cc1ccc(-c2nc3ccccc3n2-c2c(C(C)C)cc(-c3ccccc3)cc2C(C)C)cc1. The van der Waals surface area contributed by atoms with Crippen LogP contribution in [0.1, 0.15) is 56.2 Å². The van der Waals surface area contributed by atoms with Gasteiger partial charge in [-0.05, 0) is 65.3 Å². The zero-order valence-corrected chi connectivity index (χ0v) is 20.7. The zero-order chi connectivity index (χ0) is 23.8. The third kappa shape index (κ3) is 3.94.